The normalized spacial score (nSPS) is 26.4. The third-order valence-electron chi connectivity index (χ3n) is 4.19. The van der Waals surface area contributed by atoms with E-state index in [-0.39, 0.29) is 0 Å². The Morgan fingerprint density at radius 3 is 3.00 bits per heavy atom. The monoisotopic (exact) mass is 264 g/mol. The van der Waals surface area contributed by atoms with Gasteiger partial charge >= 0.3 is 0 Å². The Bertz CT molecular complexity index is 348. The van der Waals surface area contributed by atoms with Crippen LogP contribution >= 0.6 is 0 Å². The summed E-state index contributed by atoms with van der Waals surface area (Å²) in [5.74, 6) is 1.49. The van der Waals surface area contributed by atoms with Crippen molar-refractivity contribution in [3.63, 3.8) is 0 Å². The summed E-state index contributed by atoms with van der Waals surface area (Å²) >= 11 is 0. The molecular weight excluding hydrogens is 236 g/mol. The molecule has 0 bridgehead atoms. The summed E-state index contributed by atoms with van der Waals surface area (Å²) in [6, 6.07) is 0. The fraction of sp³-hybridized carbons (Fsp3) is 0.800. The van der Waals surface area contributed by atoms with Gasteiger partial charge in [0.25, 0.3) is 0 Å². The molecule has 2 heterocycles. The summed E-state index contributed by atoms with van der Waals surface area (Å²) in [5, 5.41) is 0. The number of hydrogen-bond donors (Lipinski definition) is 1. The van der Waals surface area contributed by atoms with Gasteiger partial charge in [0.2, 0.25) is 0 Å². The second-order valence-electron chi connectivity index (χ2n) is 6.03. The average Bonchev–Trinajstić information content (AvgIpc) is 2.41. The number of guanidine groups is 1. The first-order chi connectivity index (χ1) is 9.15. The number of hydrogen-bond acceptors (Lipinski definition) is 2. The molecule has 0 aromatic rings. The van der Waals surface area contributed by atoms with E-state index in [1.165, 1.54) is 31.4 Å². The molecule has 0 amide bonds. The molecule has 108 valence electrons. The molecule has 4 heteroatoms. The predicted octanol–water partition coefficient (Wildman–Crippen LogP) is 1.68. The van der Waals surface area contributed by atoms with E-state index in [0.717, 1.165) is 44.6 Å². The maximum Gasteiger partial charge on any atom is 0.191 e. The number of likely N-dealkylation sites (tertiary alicyclic amines) is 1. The molecule has 0 spiro atoms. The topological polar surface area (TPSA) is 44.9 Å². The standard InChI is InChI=1S/C15H28N4/c1-13-5-9-18(10-6-13)11-7-17-15(16)19-8-3-4-14(2)12-19/h5,14H,3-4,6-12H2,1-2H3,(H2,16,17). The Morgan fingerprint density at radius 2 is 2.32 bits per heavy atom. The lowest BCUT2D eigenvalue weighted by molar-refractivity contribution is 0.268. The highest BCUT2D eigenvalue weighted by atomic mass is 15.3. The van der Waals surface area contributed by atoms with E-state index in [2.05, 4.69) is 34.7 Å². The third-order valence-corrected chi connectivity index (χ3v) is 4.19. The molecule has 0 aliphatic carbocycles. The van der Waals surface area contributed by atoms with Crippen LogP contribution in [0.25, 0.3) is 0 Å². The quantitative estimate of drug-likeness (QED) is 0.479. The smallest absolute Gasteiger partial charge is 0.191 e. The molecule has 19 heavy (non-hydrogen) atoms. The van der Waals surface area contributed by atoms with Crippen molar-refractivity contribution in [1.29, 1.82) is 0 Å². The van der Waals surface area contributed by atoms with E-state index in [0.29, 0.717) is 0 Å². The van der Waals surface area contributed by atoms with Crippen LogP contribution in [0, 0.1) is 5.92 Å². The van der Waals surface area contributed by atoms with E-state index >= 15 is 0 Å². The van der Waals surface area contributed by atoms with Crippen LogP contribution in [-0.4, -0.2) is 55.0 Å². The van der Waals surface area contributed by atoms with Crippen molar-refractivity contribution >= 4 is 5.96 Å². The van der Waals surface area contributed by atoms with Gasteiger partial charge in [0, 0.05) is 32.7 Å². The molecule has 0 saturated carbocycles. The lowest BCUT2D eigenvalue weighted by atomic mass is 10.0. The Morgan fingerprint density at radius 1 is 1.47 bits per heavy atom. The minimum Gasteiger partial charge on any atom is -0.370 e. The van der Waals surface area contributed by atoms with Crippen LogP contribution < -0.4 is 5.73 Å². The largest absolute Gasteiger partial charge is 0.370 e. The molecule has 0 aromatic carbocycles. The van der Waals surface area contributed by atoms with Crippen LogP contribution in [0.5, 0.6) is 0 Å². The fourth-order valence-electron chi connectivity index (χ4n) is 2.82. The zero-order chi connectivity index (χ0) is 13.7. The van der Waals surface area contributed by atoms with Crippen molar-refractivity contribution in [3.05, 3.63) is 11.6 Å². The Hall–Kier alpha value is -1.03. The molecule has 1 saturated heterocycles. The fourth-order valence-corrected chi connectivity index (χ4v) is 2.82. The van der Waals surface area contributed by atoms with Gasteiger partial charge in [0.05, 0.1) is 6.54 Å². The molecule has 0 aromatic heterocycles. The maximum atomic E-state index is 6.09. The SMILES string of the molecule is CC1=CCN(CCN=C(N)N2CCCC(C)C2)CC1. The molecule has 0 radical (unpaired) electrons. The zero-order valence-electron chi connectivity index (χ0n) is 12.4. The first kappa shape index (κ1) is 14.4. The molecule has 1 fully saturated rings. The molecule has 1 unspecified atom stereocenters. The van der Waals surface area contributed by atoms with Gasteiger partial charge in [0.1, 0.15) is 0 Å². The van der Waals surface area contributed by atoms with E-state index in [9.17, 15) is 0 Å². The maximum absolute atomic E-state index is 6.09. The van der Waals surface area contributed by atoms with Gasteiger partial charge < -0.3 is 10.6 Å². The van der Waals surface area contributed by atoms with Crippen LogP contribution in [0.3, 0.4) is 0 Å². The molecule has 1 atom stereocenters. The number of nitrogens with two attached hydrogens (primary N) is 1. The van der Waals surface area contributed by atoms with Crippen molar-refractivity contribution in [2.24, 2.45) is 16.6 Å². The van der Waals surface area contributed by atoms with Gasteiger partial charge in [-0.1, -0.05) is 18.6 Å². The number of aliphatic imine (C=N–C) groups is 1. The summed E-state index contributed by atoms with van der Waals surface area (Å²) in [5.41, 5.74) is 7.61. The molecular formula is C15H28N4. The van der Waals surface area contributed by atoms with Gasteiger partial charge in [-0.3, -0.25) is 9.89 Å². The van der Waals surface area contributed by atoms with Crippen molar-refractivity contribution in [1.82, 2.24) is 9.80 Å². The second kappa shape index (κ2) is 6.94. The van der Waals surface area contributed by atoms with Gasteiger partial charge in [-0.15, -0.1) is 0 Å². The van der Waals surface area contributed by atoms with E-state index in [4.69, 9.17) is 5.73 Å². The lowest BCUT2D eigenvalue weighted by Crippen LogP contribution is -2.44. The van der Waals surface area contributed by atoms with Crippen molar-refractivity contribution in [2.75, 3.05) is 39.3 Å². The van der Waals surface area contributed by atoms with Crippen molar-refractivity contribution in [3.8, 4) is 0 Å². The number of rotatable bonds is 3. The Kier molecular flexibility index (Phi) is 5.25. The van der Waals surface area contributed by atoms with Crippen LogP contribution in [0.4, 0.5) is 0 Å². The van der Waals surface area contributed by atoms with E-state index in [1.54, 1.807) is 0 Å². The van der Waals surface area contributed by atoms with Crippen LogP contribution in [0.1, 0.15) is 33.1 Å². The Labute approximate surface area is 117 Å². The number of piperidine rings is 1. The van der Waals surface area contributed by atoms with Gasteiger partial charge in [0.15, 0.2) is 5.96 Å². The summed E-state index contributed by atoms with van der Waals surface area (Å²) in [6.45, 7) is 10.7. The van der Waals surface area contributed by atoms with Gasteiger partial charge in [-0.25, -0.2) is 0 Å². The molecule has 2 aliphatic heterocycles. The zero-order valence-corrected chi connectivity index (χ0v) is 12.4. The first-order valence-corrected chi connectivity index (χ1v) is 7.58. The van der Waals surface area contributed by atoms with E-state index in [1.807, 2.05) is 0 Å². The minimum atomic E-state index is 0.746. The summed E-state index contributed by atoms with van der Waals surface area (Å²) in [6.07, 6.45) is 6.09. The third kappa shape index (κ3) is 4.53. The number of nitrogens with zero attached hydrogens (tertiary/aromatic N) is 3. The van der Waals surface area contributed by atoms with Crippen LogP contribution in [0.2, 0.25) is 0 Å². The second-order valence-corrected chi connectivity index (χ2v) is 6.03. The molecule has 4 nitrogen and oxygen atoms in total. The highest BCUT2D eigenvalue weighted by Crippen LogP contribution is 2.15. The molecule has 2 rings (SSSR count). The Balaban J connectivity index is 1.72. The van der Waals surface area contributed by atoms with E-state index < -0.39 is 0 Å². The van der Waals surface area contributed by atoms with Gasteiger partial charge in [-0.05, 0) is 32.1 Å². The summed E-state index contributed by atoms with van der Waals surface area (Å²) < 4.78 is 0. The summed E-state index contributed by atoms with van der Waals surface area (Å²) in [7, 11) is 0. The van der Waals surface area contributed by atoms with Crippen LogP contribution in [0.15, 0.2) is 16.6 Å². The van der Waals surface area contributed by atoms with Crippen molar-refractivity contribution < 1.29 is 0 Å². The average molecular weight is 264 g/mol. The predicted molar refractivity (Wildman–Crippen MR) is 81.3 cm³/mol. The first-order valence-electron chi connectivity index (χ1n) is 7.58. The summed E-state index contributed by atoms with van der Waals surface area (Å²) in [4.78, 5) is 9.24. The highest BCUT2D eigenvalue weighted by molar-refractivity contribution is 5.78. The molecule has 2 N–H and O–H groups in total. The van der Waals surface area contributed by atoms with Crippen LogP contribution in [-0.2, 0) is 0 Å². The molecule has 2 aliphatic rings. The van der Waals surface area contributed by atoms with Gasteiger partial charge in [-0.2, -0.15) is 0 Å². The highest BCUT2D eigenvalue weighted by Gasteiger charge is 2.17. The van der Waals surface area contributed by atoms with Crippen molar-refractivity contribution in [2.45, 2.75) is 33.1 Å². The lowest BCUT2D eigenvalue weighted by Gasteiger charge is -2.31. The minimum absolute atomic E-state index is 0.746.